The van der Waals surface area contributed by atoms with E-state index >= 15 is 0 Å². The van der Waals surface area contributed by atoms with Crippen LogP contribution in [0.2, 0.25) is 0 Å². The minimum absolute atomic E-state index is 0.237. The average Bonchev–Trinajstić information content (AvgIpc) is 2.83. The summed E-state index contributed by atoms with van der Waals surface area (Å²) in [7, 11) is 2.17. The molecule has 0 amide bonds. The lowest BCUT2D eigenvalue weighted by atomic mass is 9.96. The first kappa shape index (κ1) is 10.3. The van der Waals surface area contributed by atoms with Crippen molar-refractivity contribution < 1.29 is 4.42 Å². The Morgan fingerprint density at radius 1 is 1.56 bits per heavy atom. The zero-order valence-corrected chi connectivity index (χ0v) is 9.78. The highest BCUT2D eigenvalue weighted by Crippen LogP contribution is 2.42. The topological polar surface area (TPSA) is 55.3 Å². The van der Waals surface area contributed by atoms with Crippen molar-refractivity contribution in [2.45, 2.75) is 37.1 Å². The van der Waals surface area contributed by atoms with E-state index < -0.39 is 0 Å². The summed E-state index contributed by atoms with van der Waals surface area (Å²) in [5, 5.41) is 0. The van der Waals surface area contributed by atoms with Crippen molar-refractivity contribution in [2.24, 2.45) is 5.73 Å². The van der Waals surface area contributed by atoms with Crippen LogP contribution in [-0.2, 0) is 5.54 Å². The summed E-state index contributed by atoms with van der Waals surface area (Å²) in [4.78, 5) is 6.94. The fraction of sp³-hybridized carbons (Fsp3) is 0.750. The summed E-state index contributed by atoms with van der Waals surface area (Å²) in [6.07, 6.45) is 6.30. The van der Waals surface area contributed by atoms with E-state index in [0.717, 1.165) is 31.0 Å². The summed E-state index contributed by atoms with van der Waals surface area (Å²) >= 11 is 0. The van der Waals surface area contributed by atoms with E-state index in [4.69, 9.17) is 10.2 Å². The number of rotatable bonds is 2. The third-order valence-electron chi connectivity index (χ3n) is 3.78. The first-order valence-corrected chi connectivity index (χ1v) is 6.11. The minimum Gasteiger partial charge on any atom is -0.447 e. The van der Waals surface area contributed by atoms with Gasteiger partial charge in [-0.15, -0.1) is 0 Å². The van der Waals surface area contributed by atoms with E-state index in [-0.39, 0.29) is 5.54 Å². The summed E-state index contributed by atoms with van der Waals surface area (Å²) in [5.41, 5.74) is 6.93. The van der Waals surface area contributed by atoms with Crippen LogP contribution in [0.1, 0.15) is 43.2 Å². The fourth-order valence-corrected chi connectivity index (χ4v) is 2.46. The predicted octanol–water partition coefficient (Wildman–Crippen LogP) is 1.43. The van der Waals surface area contributed by atoms with Crippen LogP contribution in [0.3, 0.4) is 0 Å². The molecular weight excluding hydrogens is 202 g/mol. The molecule has 2 aliphatic rings. The van der Waals surface area contributed by atoms with Crippen LogP contribution in [0.15, 0.2) is 10.7 Å². The first-order chi connectivity index (χ1) is 7.67. The van der Waals surface area contributed by atoms with Gasteiger partial charge in [-0.2, -0.15) is 0 Å². The number of nitrogens with zero attached hydrogens (tertiary/aromatic N) is 2. The van der Waals surface area contributed by atoms with E-state index in [9.17, 15) is 0 Å². The summed E-state index contributed by atoms with van der Waals surface area (Å²) < 4.78 is 5.53. The highest BCUT2D eigenvalue weighted by Gasteiger charge is 2.45. The highest BCUT2D eigenvalue weighted by molar-refractivity contribution is 5.16. The molecule has 1 aliphatic carbocycles. The lowest BCUT2D eigenvalue weighted by molar-refractivity contribution is 0.248. The summed E-state index contributed by atoms with van der Waals surface area (Å²) in [6.45, 7) is 2.28. The molecule has 1 aliphatic heterocycles. The van der Waals surface area contributed by atoms with E-state index in [1.165, 1.54) is 19.4 Å². The molecule has 0 spiro atoms. The van der Waals surface area contributed by atoms with Crippen LogP contribution in [0.25, 0.3) is 0 Å². The number of likely N-dealkylation sites (N-methyl/N-ethyl adjacent to an activating group) is 1. The molecule has 1 atom stereocenters. The molecule has 2 heterocycles. The predicted molar refractivity (Wildman–Crippen MR) is 61.1 cm³/mol. The Bertz CT molecular complexity index is 383. The van der Waals surface area contributed by atoms with Crippen LogP contribution in [0, 0.1) is 0 Å². The summed E-state index contributed by atoms with van der Waals surface area (Å²) in [6, 6.07) is 0. The van der Waals surface area contributed by atoms with Crippen molar-refractivity contribution in [1.29, 1.82) is 0 Å². The molecule has 1 saturated heterocycles. The summed E-state index contributed by atoms with van der Waals surface area (Å²) in [5.74, 6) is 1.27. The monoisotopic (exact) mass is 221 g/mol. The Labute approximate surface area is 95.8 Å². The van der Waals surface area contributed by atoms with Crippen molar-refractivity contribution in [2.75, 3.05) is 20.1 Å². The molecule has 3 rings (SSSR count). The lowest BCUT2D eigenvalue weighted by Gasteiger charge is -2.28. The van der Waals surface area contributed by atoms with Gasteiger partial charge in [0, 0.05) is 12.5 Å². The van der Waals surface area contributed by atoms with E-state index in [1.54, 1.807) is 0 Å². The quantitative estimate of drug-likeness (QED) is 0.821. The van der Waals surface area contributed by atoms with Gasteiger partial charge in [0.2, 0.25) is 5.89 Å². The molecule has 1 aromatic heterocycles. The Morgan fingerprint density at radius 2 is 2.38 bits per heavy atom. The number of hydrogen-bond donors (Lipinski definition) is 1. The van der Waals surface area contributed by atoms with Crippen molar-refractivity contribution in [3.05, 3.63) is 17.8 Å². The van der Waals surface area contributed by atoms with Crippen LogP contribution < -0.4 is 5.73 Å². The SMILES string of the molecule is CN1CCCC(c2coc(C3(N)CC3)n2)C1. The lowest BCUT2D eigenvalue weighted by Crippen LogP contribution is -2.31. The van der Waals surface area contributed by atoms with Gasteiger partial charge in [0.15, 0.2) is 0 Å². The zero-order valence-electron chi connectivity index (χ0n) is 9.78. The molecule has 0 bridgehead atoms. The van der Waals surface area contributed by atoms with Gasteiger partial charge in [-0.1, -0.05) is 0 Å². The van der Waals surface area contributed by atoms with Crippen LogP contribution in [0.5, 0.6) is 0 Å². The van der Waals surface area contributed by atoms with Crippen molar-refractivity contribution in [3.8, 4) is 0 Å². The second-order valence-electron chi connectivity index (χ2n) is 5.34. The average molecular weight is 221 g/mol. The van der Waals surface area contributed by atoms with Crippen molar-refractivity contribution in [3.63, 3.8) is 0 Å². The van der Waals surface area contributed by atoms with E-state index in [2.05, 4.69) is 16.9 Å². The molecule has 1 unspecified atom stereocenters. The maximum atomic E-state index is 6.07. The number of nitrogens with two attached hydrogens (primary N) is 1. The molecule has 88 valence electrons. The van der Waals surface area contributed by atoms with Gasteiger partial charge in [-0.25, -0.2) is 4.98 Å². The molecule has 4 heteroatoms. The van der Waals surface area contributed by atoms with E-state index in [0.29, 0.717) is 5.92 Å². The van der Waals surface area contributed by atoms with Gasteiger partial charge in [0.25, 0.3) is 0 Å². The van der Waals surface area contributed by atoms with Gasteiger partial charge in [0.1, 0.15) is 6.26 Å². The second-order valence-corrected chi connectivity index (χ2v) is 5.34. The number of piperidine rings is 1. The van der Waals surface area contributed by atoms with Crippen molar-refractivity contribution >= 4 is 0 Å². The fourth-order valence-electron chi connectivity index (χ4n) is 2.46. The highest BCUT2D eigenvalue weighted by atomic mass is 16.3. The smallest absolute Gasteiger partial charge is 0.214 e. The van der Waals surface area contributed by atoms with Gasteiger partial charge in [-0.3, -0.25) is 0 Å². The Balaban J connectivity index is 1.76. The Morgan fingerprint density at radius 3 is 3.06 bits per heavy atom. The van der Waals surface area contributed by atoms with Gasteiger partial charge in [-0.05, 0) is 39.3 Å². The molecule has 2 N–H and O–H groups in total. The van der Waals surface area contributed by atoms with Crippen LogP contribution >= 0.6 is 0 Å². The number of oxazole rings is 1. The number of hydrogen-bond acceptors (Lipinski definition) is 4. The van der Waals surface area contributed by atoms with Gasteiger partial charge >= 0.3 is 0 Å². The molecule has 2 fully saturated rings. The third-order valence-corrected chi connectivity index (χ3v) is 3.78. The molecule has 4 nitrogen and oxygen atoms in total. The van der Waals surface area contributed by atoms with Crippen LogP contribution in [0.4, 0.5) is 0 Å². The molecular formula is C12H19N3O. The first-order valence-electron chi connectivity index (χ1n) is 6.11. The van der Waals surface area contributed by atoms with Gasteiger partial charge < -0.3 is 15.1 Å². The Hall–Kier alpha value is -0.870. The van der Waals surface area contributed by atoms with Crippen LogP contribution in [-0.4, -0.2) is 30.0 Å². The molecule has 0 radical (unpaired) electrons. The zero-order chi connectivity index (χ0) is 11.2. The van der Waals surface area contributed by atoms with E-state index in [1.807, 2.05) is 6.26 Å². The van der Waals surface area contributed by atoms with Crippen molar-refractivity contribution in [1.82, 2.24) is 9.88 Å². The molecule has 1 aromatic rings. The maximum Gasteiger partial charge on any atom is 0.214 e. The molecule has 1 saturated carbocycles. The second kappa shape index (κ2) is 3.57. The Kier molecular flexibility index (Phi) is 2.30. The number of aromatic nitrogens is 1. The molecule has 0 aromatic carbocycles. The molecule has 16 heavy (non-hydrogen) atoms. The van der Waals surface area contributed by atoms with Gasteiger partial charge in [0.05, 0.1) is 11.2 Å². The largest absolute Gasteiger partial charge is 0.447 e. The number of likely N-dealkylation sites (tertiary alicyclic amines) is 1. The standard InChI is InChI=1S/C12H19N3O/c1-15-6-2-3-9(7-15)10-8-16-11(14-10)12(13)4-5-12/h8-9H,2-7,13H2,1H3. The minimum atomic E-state index is -0.237. The third kappa shape index (κ3) is 1.76. The normalized spacial score (nSPS) is 29.2. The maximum absolute atomic E-state index is 6.07.